The average Bonchev–Trinajstić information content (AvgIpc) is 2.47. The second-order valence-corrected chi connectivity index (χ2v) is 6.34. The molecule has 1 aliphatic carbocycles. The van der Waals surface area contributed by atoms with Crippen molar-refractivity contribution in [2.45, 2.75) is 70.7 Å². The van der Waals surface area contributed by atoms with Gasteiger partial charge in [-0.1, -0.05) is 12.4 Å². The van der Waals surface area contributed by atoms with Crippen LogP contribution in [-0.2, 0) is 14.0 Å². The van der Waals surface area contributed by atoms with Gasteiger partial charge in [-0.3, -0.25) is 0 Å². The van der Waals surface area contributed by atoms with Crippen molar-refractivity contribution in [1.82, 2.24) is 0 Å². The molecule has 4 heteroatoms. The van der Waals surface area contributed by atoms with Crippen LogP contribution in [-0.4, -0.2) is 31.5 Å². The smallest absolute Gasteiger partial charge is 0.400 e. The molecule has 0 aromatic heterocycles. The molecule has 0 aromatic carbocycles. The standard InChI is InChI=1S/C14H25BO3/c1-13(2)14(3,4)18-15(17-13)10-11-8-6-7-9-12(11)16-5/h10,12H,6-9H2,1-5H3/b11-10-. The van der Waals surface area contributed by atoms with Crippen molar-refractivity contribution in [2.24, 2.45) is 0 Å². The normalized spacial score (nSPS) is 33.1. The molecule has 0 radical (unpaired) electrons. The van der Waals surface area contributed by atoms with Crippen LogP contribution in [0.2, 0.25) is 0 Å². The maximum atomic E-state index is 6.01. The second kappa shape index (κ2) is 4.99. The van der Waals surface area contributed by atoms with Crippen LogP contribution in [0.5, 0.6) is 0 Å². The van der Waals surface area contributed by atoms with Crippen LogP contribution in [0.1, 0.15) is 53.4 Å². The fraction of sp³-hybridized carbons (Fsp3) is 0.857. The molecule has 0 spiro atoms. The molecular weight excluding hydrogens is 227 g/mol. The number of hydrogen-bond donors (Lipinski definition) is 0. The first-order valence-electron chi connectivity index (χ1n) is 6.95. The summed E-state index contributed by atoms with van der Waals surface area (Å²) in [4.78, 5) is 0. The summed E-state index contributed by atoms with van der Waals surface area (Å²) in [7, 11) is 1.55. The number of rotatable bonds is 2. The lowest BCUT2D eigenvalue weighted by Gasteiger charge is -2.32. The molecule has 2 rings (SSSR count). The molecule has 1 unspecified atom stereocenters. The SMILES string of the molecule is COC1CCCC/C1=C/B1OC(C)(C)C(C)(C)O1. The van der Waals surface area contributed by atoms with Crippen LogP contribution in [0.25, 0.3) is 0 Å². The molecule has 1 heterocycles. The zero-order valence-electron chi connectivity index (χ0n) is 12.3. The molecule has 2 fully saturated rings. The van der Waals surface area contributed by atoms with E-state index in [4.69, 9.17) is 14.0 Å². The van der Waals surface area contributed by atoms with Gasteiger partial charge in [-0.25, -0.2) is 0 Å². The van der Waals surface area contributed by atoms with E-state index in [0.717, 1.165) is 12.8 Å². The summed E-state index contributed by atoms with van der Waals surface area (Å²) < 4.78 is 17.5. The van der Waals surface area contributed by atoms with Crippen molar-refractivity contribution in [1.29, 1.82) is 0 Å². The third-order valence-electron chi connectivity index (χ3n) is 4.50. The van der Waals surface area contributed by atoms with Gasteiger partial charge in [0.05, 0.1) is 17.3 Å². The first-order valence-corrected chi connectivity index (χ1v) is 6.95. The van der Waals surface area contributed by atoms with Gasteiger partial charge in [0.1, 0.15) is 0 Å². The van der Waals surface area contributed by atoms with E-state index < -0.39 is 0 Å². The van der Waals surface area contributed by atoms with Crippen molar-refractivity contribution < 1.29 is 14.0 Å². The van der Waals surface area contributed by atoms with E-state index in [1.165, 1.54) is 18.4 Å². The van der Waals surface area contributed by atoms with Gasteiger partial charge >= 0.3 is 7.12 Å². The van der Waals surface area contributed by atoms with Crippen LogP contribution >= 0.6 is 0 Å². The molecule has 102 valence electrons. The minimum atomic E-state index is -0.258. The maximum absolute atomic E-state index is 6.01. The third kappa shape index (κ3) is 2.66. The number of hydrogen-bond acceptors (Lipinski definition) is 3. The van der Waals surface area contributed by atoms with E-state index in [2.05, 4.69) is 33.7 Å². The highest BCUT2D eigenvalue weighted by Gasteiger charge is 2.50. The molecule has 18 heavy (non-hydrogen) atoms. The highest BCUT2D eigenvalue weighted by molar-refractivity contribution is 6.51. The Morgan fingerprint density at radius 2 is 1.78 bits per heavy atom. The van der Waals surface area contributed by atoms with E-state index in [1.807, 2.05) is 0 Å². The van der Waals surface area contributed by atoms with E-state index in [-0.39, 0.29) is 24.4 Å². The molecule has 0 bridgehead atoms. The van der Waals surface area contributed by atoms with Gasteiger partial charge in [-0.05, 0) is 52.5 Å². The fourth-order valence-electron chi connectivity index (χ4n) is 2.60. The molecule has 2 aliphatic rings. The third-order valence-corrected chi connectivity index (χ3v) is 4.50. The highest BCUT2D eigenvalue weighted by atomic mass is 16.7. The van der Waals surface area contributed by atoms with Crippen LogP contribution in [0, 0.1) is 0 Å². The molecule has 1 atom stereocenters. The van der Waals surface area contributed by atoms with Gasteiger partial charge in [0.15, 0.2) is 0 Å². The fourth-order valence-corrected chi connectivity index (χ4v) is 2.60. The summed E-state index contributed by atoms with van der Waals surface area (Å²) in [6, 6.07) is 0. The van der Waals surface area contributed by atoms with Crippen LogP contribution in [0.15, 0.2) is 11.5 Å². The molecule has 1 aliphatic heterocycles. The van der Waals surface area contributed by atoms with Gasteiger partial charge < -0.3 is 14.0 Å². The average molecular weight is 252 g/mol. The number of ether oxygens (including phenoxy) is 1. The van der Waals surface area contributed by atoms with Gasteiger partial charge in [0.25, 0.3) is 0 Å². The quantitative estimate of drug-likeness (QED) is 0.706. The van der Waals surface area contributed by atoms with Crippen molar-refractivity contribution in [3.63, 3.8) is 0 Å². The van der Waals surface area contributed by atoms with E-state index in [1.54, 1.807) is 7.11 Å². The lowest BCUT2D eigenvalue weighted by molar-refractivity contribution is 0.00578. The molecule has 0 N–H and O–H groups in total. The zero-order chi connectivity index (χ0) is 13.4. The topological polar surface area (TPSA) is 27.7 Å². The Kier molecular flexibility index (Phi) is 3.91. The summed E-state index contributed by atoms with van der Waals surface area (Å²) in [5.41, 5.74) is 0.819. The molecule has 3 nitrogen and oxygen atoms in total. The molecular formula is C14H25BO3. The first kappa shape index (κ1) is 14.1. The molecule has 1 saturated heterocycles. The van der Waals surface area contributed by atoms with Gasteiger partial charge in [-0.2, -0.15) is 0 Å². The predicted molar refractivity (Wildman–Crippen MR) is 73.4 cm³/mol. The van der Waals surface area contributed by atoms with Gasteiger partial charge in [0, 0.05) is 7.11 Å². The molecule has 0 aromatic rings. The number of methoxy groups -OCH3 is 1. The van der Waals surface area contributed by atoms with Crippen molar-refractivity contribution in [3.05, 3.63) is 11.5 Å². The zero-order valence-corrected chi connectivity index (χ0v) is 12.3. The lowest BCUT2D eigenvalue weighted by Crippen LogP contribution is -2.41. The monoisotopic (exact) mass is 252 g/mol. The highest BCUT2D eigenvalue weighted by Crippen LogP contribution is 2.38. The Hall–Kier alpha value is -0.315. The molecule has 1 saturated carbocycles. The Bertz CT molecular complexity index is 320. The first-order chi connectivity index (χ1) is 8.36. The lowest BCUT2D eigenvalue weighted by atomic mass is 9.81. The van der Waals surface area contributed by atoms with E-state index in [9.17, 15) is 0 Å². The predicted octanol–water partition coefficient (Wildman–Crippen LogP) is 3.13. The van der Waals surface area contributed by atoms with Crippen molar-refractivity contribution in [2.75, 3.05) is 7.11 Å². The Labute approximate surface area is 111 Å². The summed E-state index contributed by atoms with van der Waals surface area (Å²) >= 11 is 0. The largest absolute Gasteiger partial charge is 0.487 e. The van der Waals surface area contributed by atoms with E-state index >= 15 is 0 Å². The summed E-state index contributed by atoms with van der Waals surface area (Å²) in [6.07, 6.45) is 4.95. The maximum Gasteiger partial charge on any atom is 0.487 e. The van der Waals surface area contributed by atoms with E-state index in [0.29, 0.717) is 0 Å². The van der Waals surface area contributed by atoms with Crippen LogP contribution < -0.4 is 0 Å². The van der Waals surface area contributed by atoms with Crippen molar-refractivity contribution >= 4 is 7.12 Å². The van der Waals surface area contributed by atoms with Gasteiger partial charge in [-0.15, -0.1) is 0 Å². The Morgan fingerprint density at radius 1 is 1.17 bits per heavy atom. The second-order valence-electron chi connectivity index (χ2n) is 6.34. The van der Waals surface area contributed by atoms with Crippen molar-refractivity contribution in [3.8, 4) is 0 Å². The summed E-state index contributed by atoms with van der Waals surface area (Å²) in [5, 5.41) is 0. The minimum Gasteiger partial charge on any atom is -0.400 e. The van der Waals surface area contributed by atoms with Crippen LogP contribution in [0.3, 0.4) is 0 Å². The molecule has 0 amide bonds. The van der Waals surface area contributed by atoms with Crippen LogP contribution in [0.4, 0.5) is 0 Å². The Balaban J connectivity index is 2.10. The van der Waals surface area contributed by atoms with Gasteiger partial charge in [0.2, 0.25) is 0 Å². The Morgan fingerprint density at radius 3 is 2.33 bits per heavy atom. The minimum absolute atomic E-state index is 0.235. The summed E-state index contributed by atoms with van der Waals surface area (Å²) in [6.45, 7) is 8.33. The summed E-state index contributed by atoms with van der Waals surface area (Å²) in [5.74, 6) is 2.13.